The van der Waals surface area contributed by atoms with Crippen molar-refractivity contribution in [1.82, 2.24) is 5.32 Å². The number of hydrogen-bond donors (Lipinski definition) is 1. The number of aliphatic imine (C=N–C) groups is 1. The van der Waals surface area contributed by atoms with Gasteiger partial charge in [0, 0.05) is 18.2 Å². The van der Waals surface area contributed by atoms with E-state index in [9.17, 15) is 4.79 Å². The van der Waals surface area contributed by atoms with Crippen LogP contribution in [-0.2, 0) is 4.79 Å². The Morgan fingerprint density at radius 1 is 1.14 bits per heavy atom. The third kappa shape index (κ3) is 3.11. The number of rotatable bonds is 4. The van der Waals surface area contributed by atoms with Crippen molar-refractivity contribution < 1.29 is 9.53 Å². The van der Waals surface area contributed by atoms with Crippen LogP contribution in [0.2, 0.25) is 0 Å². The molecule has 0 aliphatic carbocycles. The Morgan fingerprint density at radius 3 is 2.64 bits per heavy atom. The first-order valence-electron chi connectivity index (χ1n) is 9.26. The molecule has 142 valence electrons. The van der Waals surface area contributed by atoms with Gasteiger partial charge in [0.25, 0.3) is 0 Å². The van der Waals surface area contributed by atoms with Crippen molar-refractivity contribution in [3.05, 3.63) is 65.2 Å². The fourth-order valence-corrected chi connectivity index (χ4v) is 3.77. The van der Waals surface area contributed by atoms with Gasteiger partial charge in [0.05, 0.1) is 36.6 Å². The van der Waals surface area contributed by atoms with E-state index in [4.69, 9.17) is 9.73 Å². The number of ether oxygens (including phenoxy) is 1. The first kappa shape index (κ1) is 18.1. The van der Waals surface area contributed by atoms with Gasteiger partial charge in [-0.2, -0.15) is 10.2 Å². The van der Waals surface area contributed by atoms with Crippen LogP contribution in [-0.4, -0.2) is 43.2 Å². The number of methoxy groups -OCH3 is 1. The lowest BCUT2D eigenvalue weighted by Crippen LogP contribution is -2.31. The SMILES string of the molecule is CNC(=O)C[C@@H]1N=C(c2ccccc2)c2cc(OC)ccc2C2C(C)=NN=C21. The molecule has 0 saturated heterocycles. The number of hydrogen-bond acceptors (Lipinski definition) is 5. The Kier molecular flexibility index (Phi) is 4.77. The molecular formula is C22H22N4O2. The van der Waals surface area contributed by atoms with E-state index in [1.807, 2.05) is 49.4 Å². The molecule has 1 N–H and O–H groups in total. The first-order chi connectivity index (χ1) is 13.6. The van der Waals surface area contributed by atoms with Gasteiger partial charge in [0.2, 0.25) is 5.91 Å². The minimum atomic E-state index is -0.375. The van der Waals surface area contributed by atoms with Crippen molar-refractivity contribution in [1.29, 1.82) is 0 Å². The van der Waals surface area contributed by atoms with Crippen molar-refractivity contribution in [3.63, 3.8) is 0 Å². The van der Waals surface area contributed by atoms with Crippen molar-refractivity contribution in [3.8, 4) is 5.75 Å². The molecule has 0 aromatic heterocycles. The minimum Gasteiger partial charge on any atom is -0.497 e. The Balaban J connectivity index is 1.95. The van der Waals surface area contributed by atoms with E-state index < -0.39 is 0 Å². The predicted octanol–water partition coefficient (Wildman–Crippen LogP) is 2.97. The Labute approximate surface area is 164 Å². The molecule has 2 atom stereocenters. The summed E-state index contributed by atoms with van der Waals surface area (Å²) in [5, 5.41) is 11.4. The molecule has 2 aromatic carbocycles. The number of benzene rings is 2. The number of amides is 1. The van der Waals surface area contributed by atoms with Gasteiger partial charge in [-0.3, -0.25) is 9.79 Å². The van der Waals surface area contributed by atoms with E-state index in [1.54, 1.807) is 14.2 Å². The first-order valence-corrected chi connectivity index (χ1v) is 9.26. The van der Waals surface area contributed by atoms with Crippen LogP contribution in [0.25, 0.3) is 0 Å². The van der Waals surface area contributed by atoms with Gasteiger partial charge in [0.1, 0.15) is 11.8 Å². The van der Waals surface area contributed by atoms with Crippen LogP contribution in [0.15, 0.2) is 63.7 Å². The van der Waals surface area contributed by atoms with E-state index in [0.29, 0.717) is 0 Å². The van der Waals surface area contributed by atoms with Crippen LogP contribution in [0.4, 0.5) is 0 Å². The van der Waals surface area contributed by atoms with Gasteiger partial charge in [-0.25, -0.2) is 0 Å². The van der Waals surface area contributed by atoms with E-state index >= 15 is 0 Å². The minimum absolute atomic E-state index is 0.0734. The largest absolute Gasteiger partial charge is 0.497 e. The number of nitrogens with one attached hydrogen (secondary N) is 1. The molecule has 0 fully saturated rings. The summed E-state index contributed by atoms with van der Waals surface area (Å²) in [4.78, 5) is 17.2. The highest BCUT2D eigenvalue weighted by atomic mass is 16.5. The van der Waals surface area contributed by atoms with Crippen LogP contribution in [0.1, 0.15) is 36.0 Å². The van der Waals surface area contributed by atoms with E-state index in [2.05, 4.69) is 21.6 Å². The van der Waals surface area contributed by atoms with E-state index in [-0.39, 0.29) is 24.3 Å². The molecule has 0 bridgehead atoms. The normalized spacial score (nSPS) is 20.2. The Hall–Kier alpha value is -3.28. The fourth-order valence-electron chi connectivity index (χ4n) is 3.77. The second-order valence-electron chi connectivity index (χ2n) is 6.89. The number of carbonyl (C=O) groups is 1. The highest BCUT2D eigenvalue weighted by Crippen LogP contribution is 2.36. The zero-order valence-electron chi connectivity index (χ0n) is 16.1. The molecule has 0 radical (unpaired) electrons. The maximum absolute atomic E-state index is 12.2. The Bertz CT molecular complexity index is 1010. The maximum atomic E-state index is 12.2. The lowest BCUT2D eigenvalue weighted by molar-refractivity contribution is -0.120. The monoisotopic (exact) mass is 374 g/mol. The average molecular weight is 374 g/mol. The van der Waals surface area contributed by atoms with Crippen LogP contribution in [0.3, 0.4) is 0 Å². The molecular weight excluding hydrogens is 352 g/mol. The number of carbonyl (C=O) groups excluding carboxylic acids is 1. The summed E-state index contributed by atoms with van der Waals surface area (Å²) in [6, 6.07) is 15.6. The third-order valence-electron chi connectivity index (χ3n) is 5.19. The van der Waals surface area contributed by atoms with Crippen LogP contribution >= 0.6 is 0 Å². The fraction of sp³-hybridized carbons (Fsp3) is 0.273. The molecule has 2 aromatic rings. The molecule has 0 spiro atoms. The summed E-state index contributed by atoms with van der Waals surface area (Å²) in [5.41, 5.74) is 5.63. The van der Waals surface area contributed by atoms with Crippen LogP contribution in [0, 0.1) is 0 Å². The van der Waals surface area contributed by atoms with Crippen molar-refractivity contribution in [2.24, 2.45) is 15.2 Å². The summed E-state index contributed by atoms with van der Waals surface area (Å²) in [6.45, 7) is 1.97. The van der Waals surface area contributed by atoms with Gasteiger partial charge in [-0.1, -0.05) is 36.4 Å². The summed E-state index contributed by atoms with van der Waals surface area (Å²) in [7, 11) is 3.29. The molecule has 4 rings (SSSR count). The Morgan fingerprint density at radius 2 is 1.93 bits per heavy atom. The van der Waals surface area contributed by atoms with Gasteiger partial charge in [-0.05, 0) is 24.6 Å². The topological polar surface area (TPSA) is 75.4 Å². The van der Waals surface area contributed by atoms with Crippen molar-refractivity contribution in [2.45, 2.75) is 25.3 Å². The van der Waals surface area contributed by atoms with Gasteiger partial charge in [0.15, 0.2) is 0 Å². The maximum Gasteiger partial charge on any atom is 0.222 e. The molecule has 6 heteroatoms. The average Bonchev–Trinajstić information content (AvgIpc) is 3.05. The van der Waals surface area contributed by atoms with Crippen molar-refractivity contribution >= 4 is 23.0 Å². The highest BCUT2D eigenvalue weighted by Gasteiger charge is 2.37. The molecule has 1 amide bonds. The smallest absolute Gasteiger partial charge is 0.222 e. The zero-order valence-corrected chi connectivity index (χ0v) is 16.1. The highest BCUT2D eigenvalue weighted by molar-refractivity contribution is 6.23. The van der Waals surface area contributed by atoms with Gasteiger partial charge < -0.3 is 10.1 Å². The summed E-state index contributed by atoms with van der Waals surface area (Å²) in [5.74, 6) is 0.606. The number of nitrogens with zero attached hydrogens (tertiary/aromatic N) is 3. The summed E-state index contributed by atoms with van der Waals surface area (Å²) >= 11 is 0. The second kappa shape index (κ2) is 7.38. The van der Waals surface area contributed by atoms with E-state index in [0.717, 1.165) is 39.6 Å². The third-order valence-corrected chi connectivity index (χ3v) is 5.19. The van der Waals surface area contributed by atoms with Crippen LogP contribution < -0.4 is 10.1 Å². The van der Waals surface area contributed by atoms with Gasteiger partial charge in [-0.15, -0.1) is 0 Å². The quantitative estimate of drug-likeness (QED) is 0.893. The second-order valence-corrected chi connectivity index (χ2v) is 6.89. The lowest BCUT2D eigenvalue weighted by Gasteiger charge is -2.18. The molecule has 0 saturated carbocycles. The zero-order chi connectivity index (χ0) is 19.7. The molecule has 2 heterocycles. The molecule has 6 nitrogen and oxygen atoms in total. The molecule has 2 aliphatic rings. The molecule has 28 heavy (non-hydrogen) atoms. The molecule has 1 unspecified atom stereocenters. The van der Waals surface area contributed by atoms with Crippen LogP contribution in [0.5, 0.6) is 5.75 Å². The van der Waals surface area contributed by atoms with Crippen molar-refractivity contribution in [2.75, 3.05) is 14.2 Å². The predicted molar refractivity (Wildman–Crippen MR) is 111 cm³/mol. The summed E-state index contributed by atoms with van der Waals surface area (Å²) < 4.78 is 5.47. The summed E-state index contributed by atoms with van der Waals surface area (Å²) in [6.07, 6.45) is 0.232. The number of fused-ring (bicyclic) bond motifs is 3. The molecule has 2 aliphatic heterocycles. The lowest BCUT2D eigenvalue weighted by atomic mass is 9.84. The van der Waals surface area contributed by atoms with E-state index in [1.165, 1.54) is 0 Å². The van der Waals surface area contributed by atoms with Gasteiger partial charge >= 0.3 is 0 Å². The standard InChI is InChI=1S/C22H22N4O2/c1-13-20-16-10-9-15(28-3)11-17(16)21(14-7-5-4-6-8-14)24-18(12-19(27)23-2)22(20)26-25-13/h4-11,18,20H,12H2,1-3H3,(H,23,27)/t18-,20?/m0/s1.